The van der Waals surface area contributed by atoms with E-state index in [1.807, 2.05) is 57.2 Å². The lowest BCUT2D eigenvalue weighted by Gasteiger charge is -2.21. The van der Waals surface area contributed by atoms with E-state index < -0.39 is 5.60 Å². The molecule has 270 valence electrons. The maximum absolute atomic E-state index is 14.4. The second-order valence-corrected chi connectivity index (χ2v) is 15.4. The molecule has 0 spiro atoms. The van der Waals surface area contributed by atoms with Crippen LogP contribution in [0.3, 0.4) is 0 Å². The molecular formula is C50H38N4O2. The first-order valence-corrected chi connectivity index (χ1v) is 19.0. The SMILES string of the molecule is CC(C)(C)OC(=O)c1c2c3[nH]c(c(-c4ccccc4)c4nc(c(-c5ccccc5)c5ccc([nH]5)c(-c5ccccc5)c5nc(c3c3ccccc13)C=C5)C=C4)C2. The molecule has 10 rings (SSSR count). The minimum absolute atomic E-state index is 0.347. The molecule has 0 amide bonds. The van der Waals surface area contributed by atoms with Crippen LogP contribution in [0.5, 0.6) is 0 Å². The molecule has 6 nitrogen and oxygen atoms in total. The van der Waals surface area contributed by atoms with Crippen LogP contribution in [0.4, 0.5) is 0 Å². The van der Waals surface area contributed by atoms with Crippen molar-refractivity contribution >= 4 is 63.0 Å². The first-order valence-electron chi connectivity index (χ1n) is 19.0. The molecule has 0 unspecified atom stereocenters. The molecule has 0 atom stereocenters. The fraction of sp³-hybridized carbons (Fsp3) is 0.100. The van der Waals surface area contributed by atoms with Crippen LogP contribution >= 0.6 is 0 Å². The predicted octanol–water partition coefficient (Wildman–Crippen LogP) is 12.2. The van der Waals surface area contributed by atoms with Gasteiger partial charge in [0, 0.05) is 45.2 Å². The number of fused-ring (bicyclic) bond motifs is 10. The van der Waals surface area contributed by atoms with Crippen LogP contribution < -0.4 is 0 Å². The summed E-state index contributed by atoms with van der Waals surface area (Å²) in [5.74, 6) is -0.347. The molecule has 2 N–H and O–H groups in total. The number of nitrogens with one attached hydrogen (secondary N) is 2. The van der Waals surface area contributed by atoms with Crippen molar-refractivity contribution in [2.45, 2.75) is 32.8 Å². The molecule has 0 radical (unpaired) electrons. The largest absolute Gasteiger partial charge is 0.456 e. The minimum Gasteiger partial charge on any atom is -0.456 e. The van der Waals surface area contributed by atoms with E-state index in [2.05, 4.69) is 125 Å². The maximum atomic E-state index is 14.4. The van der Waals surface area contributed by atoms with Gasteiger partial charge in [0.1, 0.15) is 5.60 Å². The zero-order valence-corrected chi connectivity index (χ0v) is 31.4. The van der Waals surface area contributed by atoms with Crippen molar-refractivity contribution < 1.29 is 9.53 Å². The zero-order valence-electron chi connectivity index (χ0n) is 31.4. The Kier molecular flexibility index (Phi) is 7.82. The van der Waals surface area contributed by atoms with Gasteiger partial charge in [-0.25, -0.2) is 14.8 Å². The number of nitrogens with zero attached hydrogens (tertiary/aromatic N) is 2. The smallest absolute Gasteiger partial charge is 0.339 e. The molecule has 3 aliphatic heterocycles. The Morgan fingerprint density at radius 2 is 1.02 bits per heavy atom. The number of H-pyrrole nitrogens is 2. The third kappa shape index (κ3) is 5.69. The Morgan fingerprint density at radius 3 is 1.57 bits per heavy atom. The Morgan fingerprint density at radius 1 is 0.554 bits per heavy atom. The third-order valence-electron chi connectivity index (χ3n) is 10.6. The topological polar surface area (TPSA) is 83.7 Å². The quantitative estimate of drug-likeness (QED) is 0.177. The highest BCUT2D eigenvalue weighted by atomic mass is 16.6. The molecular weight excluding hydrogens is 689 g/mol. The summed E-state index contributed by atoms with van der Waals surface area (Å²) < 4.78 is 6.14. The lowest BCUT2D eigenvalue weighted by molar-refractivity contribution is 0.00710. The maximum Gasteiger partial charge on any atom is 0.339 e. The summed E-state index contributed by atoms with van der Waals surface area (Å²) in [6.45, 7) is 5.73. The predicted molar refractivity (Wildman–Crippen MR) is 229 cm³/mol. The van der Waals surface area contributed by atoms with E-state index in [4.69, 9.17) is 14.7 Å². The van der Waals surface area contributed by atoms with Crippen LogP contribution in [0.15, 0.2) is 127 Å². The van der Waals surface area contributed by atoms with E-state index in [1.165, 1.54) is 0 Å². The molecule has 2 aromatic heterocycles. The van der Waals surface area contributed by atoms with E-state index >= 15 is 0 Å². The normalized spacial score (nSPS) is 12.8. The molecule has 56 heavy (non-hydrogen) atoms. The van der Waals surface area contributed by atoms with Crippen LogP contribution in [0.1, 0.15) is 65.2 Å². The highest BCUT2D eigenvalue weighted by Crippen LogP contribution is 2.42. The van der Waals surface area contributed by atoms with Gasteiger partial charge in [-0.2, -0.15) is 0 Å². The Balaban J connectivity index is 1.42. The van der Waals surface area contributed by atoms with Gasteiger partial charge in [0.15, 0.2) is 0 Å². The number of carbonyl (C=O) groups is 1. The molecule has 0 aliphatic carbocycles. The first-order chi connectivity index (χ1) is 27.3. The zero-order chi connectivity index (χ0) is 38.0. The van der Waals surface area contributed by atoms with Crippen molar-refractivity contribution in [1.82, 2.24) is 19.9 Å². The summed E-state index contributed by atoms with van der Waals surface area (Å²) in [6.07, 6.45) is 8.90. The van der Waals surface area contributed by atoms with Crippen LogP contribution in [-0.4, -0.2) is 31.5 Å². The average Bonchev–Trinajstić information content (AvgIpc) is 4.04. The van der Waals surface area contributed by atoms with Crippen LogP contribution in [0.25, 0.3) is 90.4 Å². The monoisotopic (exact) mass is 726 g/mol. The van der Waals surface area contributed by atoms with E-state index in [0.29, 0.717) is 12.0 Å². The first kappa shape index (κ1) is 33.5. The van der Waals surface area contributed by atoms with Gasteiger partial charge in [-0.15, -0.1) is 0 Å². The average molecular weight is 727 g/mol. The van der Waals surface area contributed by atoms with Gasteiger partial charge >= 0.3 is 5.97 Å². The number of esters is 1. The number of hydrogen-bond acceptors (Lipinski definition) is 4. The summed E-state index contributed by atoms with van der Waals surface area (Å²) in [6, 6.07) is 43.6. The fourth-order valence-electron chi connectivity index (χ4n) is 8.30. The van der Waals surface area contributed by atoms with Crippen LogP contribution in [0, 0.1) is 0 Å². The van der Waals surface area contributed by atoms with Crippen molar-refractivity contribution in [3.8, 4) is 33.4 Å². The number of carbonyl (C=O) groups excluding carboxylic acids is 1. The fourth-order valence-corrected chi connectivity index (χ4v) is 8.30. The lowest BCUT2D eigenvalue weighted by Crippen LogP contribution is -2.24. The molecule has 0 saturated carbocycles. The summed E-state index contributed by atoms with van der Waals surface area (Å²) in [5.41, 5.74) is 13.9. The Labute approximate surface area is 324 Å². The molecule has 6 heteroatoms. The van der Waals surface area contributed by atoms with E-state index in [9.17, 15) is 4.79 Å². The molecule has 0 saturated heterocycles. The van der Waals surface area contributed by atoms with Gasteiger partial charge in [-0.05, 0) is 90.2 Å². The number of aromatic amines is 2. The van der Waals surface area contributed by atoms with Crippen LogP contribution in [0.2, 0.25) is 0 Å². The second kappa shape index (κ2) is 13.1. The van der Waals surface area contributed by atoms with Gasteiger partial charge in [0.05, 0.1) is 33.9 Å². The molecule has 7 aromatic rings. The molecule has 5 heterocycles. The number of benzene rings is 5. The van der Waals surface area contributed by atoms with Gasteiger partial charge in [-0.1, -0.05) is 115 Å². The third-order valence-corrected chi connectivity index (χ3v) is 10.6. The number of aromatic nitrogens is 4. The van der Waals surface area contributed by atoms with Crippen molar-refractivity contribution in [2.24, 2.45) is 0 Å². The number of hydrogen-bond donors (Lipinski definition) is 2. The molecule has 3 aliphatic rings. The van der Waals surface area contributed by atoms with E-state index in [0.717, 1.165) is 100 Å². The molecule has 8 bridgehead atoms. The standard InChI is InChI=1S/C50H38N4O2/c1-50(2,3)56-49(55)46-33-21-13-14-22-34(33)47-41-28-27-39(53-41)44(31-17-9-5-10-18-31)37-24-23-36(51-37)43(30-15-7-4-8-16-30)38-25-26-40(52-38)45(32-19-11-6-12-20-32)42-29-35(46)48(47)54-42/h4-28,51,54H,29H2,1-3H3. The van der Waals surface area contributed by atoms with Gasteiger partial charge in [0.2, 0.25) is 0 Å². The van der Waals surface area contributed by atoms with Gasteiger partial charge < -0.3 is 14.7 Å². The Bertz CT molecular complexity index is 3000. The number of rotatable bonds is 4. The van der Waals surface area contributed by atoms with Gasteiger partial charge in [0.25, 0.3) is 0 Å². The van der Waals surface area contributed by atoms with Gasteiger partial charge in [-0.3, -0.25) is 0 Å². The highest BCUT2D eigenvalue weighted by molar-refractivity contribution is 6.20. The number of ether oxygens (including phenoxy) is 1. The molecule has 5 aromatic carbocycles. The van der Waals surface area contributed by atoms with E-state index in [-0.39, 0.29) is 5.97 Å². The van der Waals surface area contributed by atoms with Crippen LogP contribution in [-0.2, 0) is 11.2 Å². The van der Waals surface area contributed by atoms with Crippen molar-refractivity contribution in [2.75, 3.05) is 0 Å². The summed E-state index contributed by atoms with van der Waals surface area (Å²) >= 11 is 0. The van der Waals surface area contributed by atoms with Crippen molar-refractivity contribution in [3.63, 3.8) is 0 Å². The minimum atomic E-state index is -0.679. The summed E-state index contributed by atoms with van der Waals surface area (Å²) in [5, 5.41) is 2.70. The van der Waals surface area contributed by atoms with Crippen molar-refractivity contribution in [1.29, 1.82) is 0 Å². The molecule has 0 fully saturated rings. The lowest BCUT2D eigenvalue weighted by atomic mass is 9.91. The highest BCUT2D eigenvalue weighted by Gasteiger charge is 2.30. The summed E-state index contributed by atoms with van der Waals surface area (Å²) in [4.78, 5) is 32.9. The Hall–Kier alpha value is -7.05. The van der Waals surface area contributed by atoms with Crippen molar-refractivity contribution in [3.05, 3.63) is 167 Å². The van der Waals surface area contributed by atoms with E-state index in [1.54, 1.807) is 0 Å². The second-order valence-electron chi connectivity index (χ2n) is 15.4. The summed E-state index contributed by atoms with van der Waals surface area (Å²) in [7, 11) is 0.